The first-order chi connectivity index (χ1) is 9.08. The molecule has 0 amide bonds. The summed E-state index contributed by atoms with van der Waals surface area (Å²) in [7, 11) is 0. The van der Waals surface area contributed by atoms with Crippen LogP contribution in [0.4, 0.5) is 0 Å². The largest absolute Gasteiger partial charge is 0.378 e. The Labute approximate surface area is 118 Å². The molecule has 0 saturated heterocycles. The Bertz CT molecular complexity index is 319. The second kappa shape index (κ2) is 5.04. The first-order valence-corrected chi connectivity index (χ1v) is 8.46. The second-order valence-electron chi connectivity index (χ2n) is 7.73. The van der Waals surface area contributed by atoms with Crippen molar-refractivity contribution in [3.8, 4) is 0 Å². The van der Waals surface area contributed by atoms with Crippen LogP contribution in [0.2, 0.25) is 0 Å². The highest BCUT2D eigenvalue weighted by molar-refractivity contribution is 5.09. The van der Waals surface area contributed by atoms with Gasteiger partial charge in [-0.2, -0.15) is 0 Å². The lowest BCUT2D eigenvalue weighted by Crippen LogP contribution is -2.67. The van der Waals surface area contributed by atoms with E-state index < -0.39 is 0 Å². The molecule has 3 unspecified atom stereocenters. The third-order valence-electron chi connectivity index (χ3n) is 6.47. The van der Waals surface area contributed by atoms with E-state index in [2.05, 4.69) is 26.1 Å². The monoisotopic (exact) mass is 265 g/mol. The van der Waals surface area contributed by atoms with E-state index in [-0.39, 0.29) is 0 Å². The lowest BCUT2D eigenvalue weighted by atomic mass is 9.56. The Balaban J connectivity index is 1.55. The lowest BCUT2D eigenvalue weighted by Gasteiger charge is -2.59. The van der Waals surface area contributed by atoms with Gasteiger partial charge in [0, 0.05) is 24.1 Å². The Morgan fingerprint density at radius 2 is 1.79 bits per heavy atom. The predicted molar refractivity (Wildman–Crippen MR) is 79.3 cm³/mol. The minimum absolute atomic E-state index is 0.321. The predicted octanol–water partition coefficient (Wildman–Crippen LogP) is 3.89. The van der Waals surface area contributed by atoms with Crippen molar-refractivity contribution in [1.82, 2.24) is 5.32 Å². The van der Waals surface area contributed by atoms with Crippen LogP contribution in [-0.4, -0.2) is 24.8 Å². The van der Waals surface area contributed by atoms with Gasteiger partial charge in [-0.25, -0.2) is 0 Å². The van der Waals surface area contributed by atoms with E-state index in [9.17, 15) is 0 Å². The third kappa shape index (κ3) is 2.25. The van der Waals surface area contributed by atoms with Crippen molar-refractivity contribution in [2.75, 3.05) is 6.61 Å². The van der Waals surface area contributed by atoms with E-state index >= 15 is 0 Å². The van der Waals surface area contributed by atoms with Gasteiger partial charge in [0.1, 0.15) is 0 Å². The molecule has 3 saturated carbocycles. The van der Waals surface area contributed by atoms with Crippen molar-refractivity contribution < 1.29 is 4.74 Å². The van der Waals surface area contributed by atoms with Crippen LogP contribution >= 0.6 is 0 Å². The van der Waals surface area contributed by atoms with E-state index in [1.165, 1.54) is 51.4 Å². The summed E-state index contributed by atoms with van der Waals surface area (Å²) >= 11 is 0. The van der Waals surface area contributed by atoms with E-state index in [0.717, 1.165) is 12.6 Å². The molecule has 19 heavy (non-hydrogen) atoms. The summed E-state index contributed by atoms with van der Waals surface area (Å²) < 4.78 is 5.85. The van der Waals surface area contributed by atoms with E-state index in [1.54, 1.807) is 0 Å². The van der Waals surface area contributed by atoms with Gasteiger partial charge in [0.15, 0.2) is 0 Å². The number of ether oxygens (including phenoxy) is 1. The average Bonchev–Trinajstić information content (AvgIpc) is 2.41. The SMILES string of the molecule is CCOC1CC(NC2CCC23CCCCC3)C1(C)C. The Kier molecular flexibility index (Phi) is 3.68. The van der Waals surface area contributed by atoms with Gasteiger partial charge in [0.25, 0.3) is 0 Å². The van der Waals surface area contributed by atoms with Gasteiger partial charge in [-0.15, -0.1) is 0 Å². The maximum Gasteiger partial charge on any atom is 0.0655 e. The zero-order chi connectivity index (χ0) is 13.5. The molecule has 0 aromatic heterocycles. The summed E-state index contributed by atoms with van der Waals surface area (Å²) in [6.07, 6.45) is 11.9. The summed E-state index contributed by atoms with van der Waals surface area (Å²) in [6.45, 7) is 7.72. The van der Waals surface area contributed by atoms with E-state index in [4.69, 9.17) is 4.74 Å². The quantitative estimate of drug-likeness (QED) is 0.832. The summed E-state index contributed by atoms with van der Waals surface area (Å²) in [5.41, 5.74) is 1.01. The molecule has 1 spiro atoms. The number of hydrogen-bond acceptors (Lipinski definition) is 2. The zero-order valence-corrected chi connectivity index (χ0v) is 13.0. The molecule has 3 aliphatic rings. The standard InChI is InChI=1S/C17H31NO/c1-4-19-15-12-14(16(15,2)3)18-13-8-11-17(13)9-6-5-7-10-17/h13-15,18H,4-12H2,1-3H3. The molecule has 2 nitrogen and oxygen atoms in total. The van der Waals surface area contributed by atoms with Crippen molar-refractivity contribution in [3.05, 3.63) is 0 Å². The summed E-state index contributed by atoms with van der Waals surface area (Å²) in [5, 5.41) is 4.01. The number of nitrogens with one attached hydrogen (secondary N) is 1. The van der Waals surface area contributed by atoms with Crippen LogP contribution in [0.25, 0.3) is 0 Å². The fourth-order valence-electron chi connectivity index (χ4n) is 4.71. The van der Waals surface area contributed by atoms with Gasteiger partial charge in [0.2, 0.25) is 0 Å². The van der Waals surface area contributed by atoms with Gasteiger partial charge >= 0.3 is 0 Å². The van der Waals surface area contributed by atoms with Crippen LogP contribution in [0.15, 0.2) is 0 Å². The topological polar surface area (TPSA) is 21.3 Å². The zero-order valence-electron chi connectivity index (χ0n) is 13.0. The highest BCUT2D eigenvalue weighted by atomic mass is 16.5. The normalized spacial score (nSPS) is 39.6. The molecule has 2 heteroatoms. The Hall–Kier alpha value is -0.0800. The first kappa shape index (κ1) is 13.9. The fraction of sp³-hybridized carbons (Fsp3) is 1.00. The van der Waals surface area contributed by atoms with Crippen molar-refractivity contribution in [3.63, 3.8) is 0 Å². The van der Waals surface area contributed by atoms with Crippen LogP contribution in [0.5, 0.6) is 0 Å². The van der Waals surface area contributed by atoms with Crippen molar-refractivity contribution in [2.24, 2.45) is 10.8 Å². The molecular weight excluding hydrogens is 234 g/mol. The van der Waals surface area contributed by atoms with Gasteiger partial charge in [0.05, 0.1) is 6.10 Å². The smallest absolute Gasteiger partial charge is 0.0655 e. The number of hydrogen-bond donors (Lipinski definition) is 1. The maximum absolute atomic E-state index is 5.85. The summed E-state index contributed by atoms with van der Waals surface area (Å²) in [4.78, 5) is 0. The van der Waals surface area contributed by atoms with Crippen molar-refractivity contribution in [1.29, 1.82) is 0 Å². The molecule has 0 aliphatic heterocycles. The Morgan fingerprint density at radius 3 is 2.32 bits per heavy atom. The minimum atomic E-state index is 0.321. The molecule has 110 valence electrons. The van der Waals surface area contributed by atoms with Gasteiger partial charge < -0.3 is 10.1 Å². The Morgan fingerprint density at radius 1 is 1.05 bits per heavy atom. The summed E-state index contributed by atoms with van der Waals surface area (Å²) in [5.74, 6) is 0. The average molecular weight is 265 g/mol. The molecule has 3 fully saturated rings. The molecule has 1 N–H and O–H groups in total. The molecule has 0 heterocycles. The molecule has 0 aromatic carbocycles. The van der Waals surface area contributed by atoms with Crippen LogP contribution < -0.4 is 5.32 Å². The molecule has 3 aliphatic carbocycles. The van der Waals surface area contributed by atoms with Crippen molar-refractivity contribution >= 4 is 0 Å². The maximum atomic E-state index is 5.85. The van der Waals surface area contributed by atoms with Crippen molar-refractivity contribution in [2.45, 2.75) is 90.3 Å². The van der Waals surface area contributed by atoms with Crippen LogP contribution in [0, 0.1) is 10.8 Å². The third-order valence-corrected chi connectivity index (χ3v) is 6.47. The van der Waals surface area contributed by atoms with Gasteiger partial charge in [-0.1, -0.05) is 33.1 Å². The van der Waals surface area contributed by atoms with Crippen LogP contribution in [-0.2, 0) is 4.74 Å². The van der Waals surface area contributed by atoms with Crippen LogP contribution in [0.1, 0.15) is 72.1 Å². The second-order valence-corrected chi connectivity index (χ2v) is 7.73. The van der Waals surface area contributed by atoms with E-state index in [0.29, 0.717) is 23.0 Å². The highest BCUT2D eigenvalue weighted by Crippen LogP contribution is 2.53. The minimum Gasteiger partial charge on any atom is -0.378 e. The van der Waals surface area contributed by atoms with Crippen LogP contribution in [0.3, 0.4) is 0 Å². The fourth-order valence-corrected chi connectivity index (χ4v) is 4.71. The molecule has 0 radical (unpaired) electrons. The van der Waals surface area contributed by atoms with Gasteiger partial charge in [-0.3, -0.25) is 0 Å². The highest BCUT2D eigenvalue weighted by Gasteiger charge is 2.53. The molecule has 0 aromatic rings. The first-order valence-electron chi connectivity index (χ1n) is 8.46. The number of rotatable bonds is 4. The summed E-state index contributed by atoms with van der Waals surface area (Å²) in [6, 6.07) is 1.48. The molecule has 3 atom stereocenters. The molecular formula is C17H31NO. The van der Waals surface area contributed by atoms with Gasteiger partial charge in [-0.05, 0) is 44.4 Å². The lowest BCUT2D eigenvalue weighted by molar-refractivity contribution is -0.127. The van der Waals surface area contributed by atoms with E-state index in [1.807, 2.05) is 0 Å². The molecule has 3 rings (SSSR count). The molecule has 0 bridgehead atoms.